The number of thiazole rings is 1. The third kappa shape index (κ3) is 12.4. The second-order valence-corrected chi connectivity index (χ2v) is 15.3. The van der Waals surface area contributed by atoms with Crippen molar-refractivity contribution in [3.8, 4) is 10.4 Å². The van der Waals surface area contributed by atoms with Gasteiger partial charge in [-0.05, 0) is 50.7 Å². The number of aliphatic hydroxyl groups excluding tert-OH is 1. The van der Waals surface area contributed by atoms with Gasteiger partial charge in [0.25, 0.3) is 0 Å². The number of ether oxygens (including phenoxy) is 2. The number of nitrogens with zero attached hydrogens (tertiary/aromatic N) is 3. The number of aryl methyl sites for hydroxylation is 1. The maximum atomic E-state index is 13.9. The van der Waals surface area contributed by atoms with Crippen molar-refractivity contribution in [2.75, 3.05) is 39.4 Å². The highest BCUT2D eigenvalue weighted by Gasteiger charge is 2.44. The van der Waals surface area contributed by atoms with Gasteiger partial charge >= 0.3 is 6.09 Å². The molecule has 4 amide bonds. The Balaban J connectivity index is 1.60. The van der Waals surface area contributed by atoms with Crippen LogP contribution >= 0.6 is 11.3 Å². The number of aliphatic hydroxyl groups is 1. The Hall–Kier alpha value is -3.59. The predicted octanol–water partition coefficient (Wildman–Crippen LogP) is 3.22. The van der Waals surface area contributed by atoms with Crippen molar-refractivity contribution < 1.29 is 33.8 Å². The molecule has 0 spiro atoms. The van der Waals surface area contributed by atoms with Crippen molar-refractivity contribution in [3.05, 3.63) is 41.0 Å². The van der Waals surface area contributed by atoms with E-state index in [2.05, 4.69) is 15.6 Å². The SMILES string of the molecule is Cc1ncsc1-c1ccc(CNC(=O)[C@@H]2C[C@@H](O)CN2C(=O)[C@@H](NC(=O)CCCN(CCOCCN)C(=O)OC(C)(C)C)C(C)(C)C)cc1. The van der Waals surface area contributed by atoms with Gasteiger partial charge in [0.15, 0.2) is 0 Å². The summed E-state index contributed by atoms with van der Waals surface area (Å²) in [6.45, 7) is 14.6. The number of carbonyl (C=O) groups excluding carboxylic acids is 4. The molecule has 5 N–H and O–H groups in total. The number of amides is 4. The summed E-state index contributed by atoms with van der Waals surface area (Å²) in [5, 5.41) is 16.3. The lowest BCUT2D eigenvalue weighted by Gasteiger charge is -2.35. The lowest BCUT2D eigenvalue weighted by atomic mass is 9.85. The Kier molecular flexibility index (Phi) is 14.5. The molecule has 1 aromatic heterocycles. The second-order valence-electron chi connectivity index (χ2n) is 14.4. The van der Waals surface area contributed by atoms with E-state index in [1.165, 1.54) is 9.80 Å². The van der Waals surface area contributed by atoms with E-state index in [1.807, 2.05) is 57.5 Å². The van der Waals surface area contributed by atoms with Crippen molar-refractivity contribution in [2.45, 2.75) is 98.1 Å². The molecule has 2 heterocycles. The van der Waals surface area contributed by atoms with Crippen LogP contribution in [0.4, 0.5) is 4.79 Å². The number of aromatic nitrogens is 1. The summed E-state index contributed by atoms with van der Waals surface area (Å²) in [6, 6.07) is 6.02. The number of hydrogen-bond donors (Lipinski definition) is 4. The Morgan fingerprint density at radius 2 is 1.80 bits per heavy atom. The van der Waals surface area contributed by atoms with Crippen molar-refractivity contribution in [1.29, 1.82) is 0 Å². The number of nitrogens with two attached hydrogens (primary N) is 1. The van der Waals surface area contributed by atoms with Crippen LogP contribution in [0.2, 0.25) is 0 Å². The van der Waals surface area contributed by atoms with Gasteiger partial charge in [-0.15, -0.1) is 11.3 Å². The predicted molar refractivity (Wildman–Crippen MR) is 189 cm³/mol. The summed E-state index contributed by atoms with van der Waals surface area (Å²) in [5.74, 6) is -1.17. The molecule has 1 saturated heterocycles. The van der Waals surface area contributed by atoms with E-state index in [0.29, 0.717) is 19.6 Å². The summed E-state index contributed by atoms with van der Waals surface area (Å²) in [4.78, 5) is 61.5. The average Bonchev–Trinajstić information content (AvgIpc) is 3.63. The second kappa shape index (κ2) is 17.9. The standard InChI is InChI=1S/C35H54N6O7S/c1-23-29(49-22-38-23)25-12-10-24(11-13-25)20-37-31(44)27-19-26(42)21-41(27)32(45)30(34(2,3)4)39-28(43)9-8-15-40(16-18-47-17-14-36)33(46)48-35(5,6)7/h10-13,22,26-27,30,42H,8-9,14-21,36H2,1-7H3,(H,37,44)(H,39,43)/t26-,27+,30-/m1/s1. The molecule has 272 valence electrons. The summed E-state index contributed by atoms with van der Waals surface area (Å²) < 4.78 is 10.9. The number of hydrogen-bond acceptors (Lipinski definition) is 10. The van der Waals surface area contributed by atoms with Gasteiger partial charge in [-0.2, -0.15) is 0 Å². The molecular weight excluding hydrogens is 648 g/mol. The zero-order valence-corrected chi connectivity index (χ0v) is 30.7. The normalized spacial score (nSPS) is 17.0. The zero-order chi connectivity index (χ0) is 36.4. The summed E-state index contributed by atoms with van der Waals surface area (Å²) >= 11 is 1.57. The van der Waals surface area contributed by atoms with Gasteiger partial charge in [0.05, 0.1) is 35.4 Å². The Bertz CT molecular complexity index is 1400. The highest BCUT2D eigenvalue weighted by molar-refractivity contribution is 7.13. The van der Waals surface area contributed by atoms with Crippen LogP contribution in [0.15, 0.2) is 29.8 Å². The van der Waals surface area contributed by atoms with Gasteiger partial charge in [-0.25, -0.2) is 9.78 Å². The Labute approximate surface area is 293 Å². The van der Waals surface area contributed by atoms with Crippen molar-refractivity contribution in [2.24, 2.45) is 11.1 Å². The molecule has 0 radical (unpaired) electrons. The van der Waals surface area contributed by atoms with Gasteiger partial charge in [-0.1, -0.05) is 45.0 Å². The van der Waals surface area contributed by atoms with E-state index in [1.54, 1.807) is 32.1 Å². The van der Waals surface area contributed by atoms with Gasteiger partial charge in [-0.3, -0.25) is 14.4 Å². The quantitative estimate of drug-likeness (QED) is 0.203. The van der Waals surface area contributed by atoms with Gasteiger partial charge < -0.3 is 40.7 Å². The number of likely N-dealkylation sites (tertiary alicyclic amines) is 1. The first-order valence-electron chi connectivity index (χ1n) is 16.8. The third-order valence-electron chi connectivity index (χ3n) is 7.96. The molecule has 14 heteroatoms. The van der Waals surface area contributed by atoms with Crippen LogP contribution in [0.1, 0.15) is 72.1 Å². The molecule has 0 aliphatic carbocycles. The molecule has 13 nitrogen and oxygen atoms in total. The monoisotopic (exact) mass is 702 g/mol. The molecular formula is C35H54N6O7S. The minimum atomic E-state index is -0.949. The van der Waals surface area contributed by atoms with Crippen molar-refractivity contribution in [3.63, 3.8) is 0 Å². The van der Waals surface area contributed by atoms with Crippen LogP contribution in [0.5, 0.6) is 0 Å². The fourth-order valence-corrected chi connectivity index (χ4v) is 6.24. The van der Waals surface area contributed by atoms with Crippen LogP contribution in [-0.4, -0.2) is 107 Å². The van der Waals surface area contributed by atoms with Crippen LogP contribution in [0.3, 0.4) is 0 Å². The molecule has 0 unspecified atom stereocenters. The molecule has 0 bridgehead atoms. The number of benzene rings is 1. The van der Waals surface area contributed by atoms with E-state index in [9.17, 15) is 24.3 Å². The van der Waals surface area contributed by atoms with Crippen LogP contribution < -0.4 is 16.4 Å². The summed E-state index contributed by atoms with van der Waals surface area (Å²) in [7, 11) is 0. The van der Waals surface area contributed by atoms with Crippen LogP contribution in [0, 0.1) is 12.3 Å². The van der Waals surface area contributed by atoms with E-state index in [4.69, 9.17) is 15.2 Å². The highest BCUT2D eigenvalue weighted by atomic mass is 32.1. The molecule has 3 rings (SSSR count). The molecule has 2 aromatic rings. The third-order valence-corrected chi connectivity index (χ3v) is 8.94. The van der Waals surface area contributed by atoms with E-state index in [-0.39, 0.29) is 57.4 Å². The smallest absolute Gasteiger partial charge is 0.410 e. The molecule has 1 aromatic carbocycles. The number of carbonyl (C=O) groups is 4. The van der Waals surface area contributed by atoms with E-state index in [0.717, 1.165) is 21.7 Å². The average molecular weight is 703 g/mol. The highest BCUT2D eigenvalue weighted by Crippen LogP contribution is 2.28. The molecule has 3 atom stereocenters. The largest absolute Gasteiger partial charge is 0.444 e. The first-order valence-corrected chi connectivity index (χ1v) is 17.7. The van der Waals surface area contributed by atoms with Crippen LogP contribution in [0.25, 0.3) is 10.4 Å². The molecule has 1 aliphatic rings. The fraction of sp³-hybridized carbons (Fsp3) is 0.629. The topological polar surface area (TPSA) is 176 Å². The number of β-amino-alcohol motifs (C(OH)–C–C–N with tert-alkyl or cyclic N) is 1. The maximum absolute atomic E-state index is 13.9. The first kappa shape index (κ1) is 39.8. The van der Waals surface area contributed by atoms with Crippen molar-refractivity contribution in [1.82, 2.24) is 25.4 Å². The van der Waals surface area contributed by atoms with Crippen LogP contribution in [-0.2, 0) is 30.4 Å². The Morgan fingerprint density at radius 1 is 1.10 bits per heavy atom. The van der Waals surface area contributed by atoms with Gasteiger partial charge in [0.2, 0.25) is 17.7 Å². The first-order chi connectivity index (χ1) is 23.0. The lowest BCUT2D eigenvalue weighted by Crippen LogP contribution is -2.57. The Morgan fingerprint density at radius 3 is 2.39 bits per heavy atom. The molecule has 1 aliphatic heterocycles. The minimum absolute atomic E-state index is 0.0145. The molecule has 0 saturated carbocycles. The lowest BCUT2D eigenvalue weighted by molar-refractivity contribution is -0.144. The minimum Gasteiger partial charge on any atom is -0.444 e. The fourth-order valence-electron chi connectivity index (χ4n) is 5.42. The molecule has 1 fully saturated rings. The van der Waals surface area contributed by atoms with E-state index < -0.39 is 41.2 Å². The number of rotatable bonds is 15. The maximum Gasteiger partial charge on any atom is 0.410 e. The summed E-state index contributed by atoms with van der Waals surface area (Å²) in [6.07, 6.45) is -0.902. The zero-order valence-electron chi connectivity index (χ0n) is 29.9. The summed E-state index contributed by atoms with van der Waals surface area (Å²) in [5.41, 5.74) is 8.82. The van der Waals surface area contributed by atoms with E-state index >= 15 is 0 Å². The van der Waals surface area contributed by atoms with Gasteiger partial charge in [0, 0.05) is 45.6 Å². The van der Waals surface area contributed by atoms with Gasteiger partial charge in [0.1, 0.15) is 17.7 Å². The molecule has 49 heavy (non-hydrogen) atoms. The van der Waals surface area contributed by atoms with Crippen molar-refractivity contribution >= 4 is 35.2 Å². The number of nitrogens with one attached hydrogen (secondary N) is 2.